The largest absolute Gasteiger partial charge is 0.382 e. The van der Waals surface area contributed by atoms with Gasteiger partial charge in [-0.25, -0.2) is 0 Å². The Morgan fingerprint density at radius 2 is 0.870 bits per heavy atom. The van der Waals surface area contributed by atoms with Crippen molar-refractivity contribution >= 4 is 8.07 Å². The van der Waals surface area contributed by atoms with E-state index >= 15 is 0 Å². The van der Waals surface area contributed by atoms with Gasteiger partial charge in [0.2, 0.25) is 0 Å². The zero-order valence-corrected chi connectivity index (χ0v) is 37.2. The Morgan fingerprint density at radius 3 is 1.41 bits per heavy atom. The predicted molar refractivity (Wildman–Crippen MR) is 228 cm³/mol. The average Bonchev–Trinajstić information content (AvgIpc) is 3.47. The number of hydrogen-bond donors (Lipinski definition) is 0. The normalized spacial score (nSPS) is 38.2. The monoisotopic (exact) mass is 769 g/mol. The van der Waals surface area contributed by atoms with E-state index < -0.39 is 8.07 Å². The van der Waals surface area contributed by atoms with Crippen molar-refractivity contribution in [3.05, 3.63) is 0 Å². The molecular weight excluding hydrogens is 681 g/mol. The Labute approximate surface area is 335 Å². The summed E-state index contributed by atoms with van der Waals surface area (Å²) in [5.74, 6) is 7.42. The van der Waals surface area contributed by atoms with Gasteiger partial charge in [0.25, 0.3) is 0 Å². The van der Waals surface area contributed by atoms with E-state index in [2.05, 4.69) is 13.8 Å². The van der Waals surface area contributed by atoms with Gasteiger partial charge in [0.05, 0.1) is 34.5 Å². The standard InChI is InChI=1S/C49H88O4Si/c1-37-15-21-43(22-16-37)54(41-11-7-5-8-12-41,42-13-9-6-10-14-42)44-23-18-39(19-24-44)40-20-26-46-45-25-17-38(2)35-47(45)49(48(46)36-40,27-29-52-33-31-50-3)28-30-53-34-32-51-4/h37-48H,5-36H2,1-4H3. The van der Waals surface area contributed by atoms with E-state index in [1.807, 2.05) is 0 Å². The first-order chi connectivity index (χ1) is 26.5. The second-order valence-electron chi connectivity index (χ2n) is 21.2. The Bertz CT molecular complexity index is 1040. The van der Waals surface area contributed by atoms with Crippen molar-refractivity contribution in [2.24, 2.45) is 52.8 Å². The van der Waals surface area contributed by atoms with E-state index in [4.69, 9.17) is 18.9 Å². The van der Waals surface area contributed by atoms with Crippen LogP contribution in [-0.2, 0) is 18.9 Å². The van der Waals surface area contributed by atoms with Crippen LogP contribution in [0.25, 0.3) is 0 Å². The lowest BCUT2D eigenvalue weighted by atomic mass is 9.58. The van der Waals surface area contributed by atoms with Crippen molar-refractivity contribution in [1.29, 1.82) is 0 Å². The molecule has 5 heteroatoms. The number of fused-ring (bicyclic) bond motifs is 3. The molecule has 7 aliphatic rings. The van der Waals surface area contributed by atoms with Crippen LogP contribution in [0.5, 0.6) is 0 Å². The summed E-state index contributed by atoms with van der Waals surface area (Å²) in [6.45, 7) is 9.81. The summed E-state index contributed by atoms with van der Waals surface area (Å²) in [4.78, 5) is 0. The number of methoxy groups -OCH3 is 2. The summed E-state index contributed by atoms with van der Waals surface area (Å²) in [6.07, 6.45) is 40.0. The van der Waals surface area contributed by atoms with Gasteiger partial charge < -0.3 is 18.9 Å². The van der Waals surface area contributed by atoms with Gasteiger partial charge in [0.15, 0.2) is 0 Å². The van der Waals surface area contributed by atoms with Crippen molar-refractivity contribution in [3.63, 3.8) is 0 Å². The van der Waals surface area contributed by atoms with Crippen LogP contribution in [0.2, 0.25) is 22.2 Å². The highest BCUT2D eigenvalue weighted by Crippen LogP contribution is 2.69. The second kappa shape index (κ2) is 20.3. The topological polar surface area (TPSA) is 36.9 Å². The van der Waals surface area contributed by atoms with Gasteiger partial charge in [-0.2, -0.15) is 0 Å². The lowest BCUT2D eigenvalue weighted by Gasteiger charge is -2.59. The molecule has 7 saturated carbocycles. The average molecular weight is 769 g/mol. The SMILES string of the molecule is COCCOCCC1(CCOCCOC)C2CC(C)CCC2C2CCC(C3CCC([Si](C4CCCCC4)(C4CCCCC4)C4CCC(C)CC4)CC3)CC21. The van der Waals surface area contributed by atoms with Crippen molar-refractivity contribution < 1.29 is 18.9 Å². The van der Waals surface area contributed by atoms with Crippen LogP contribution in [0, 0.1) is 52.8 Å². The smallest absolute Gasteiger partial charge is 0.0700 e. The van der Waals surface area contributed by atoms with Gasteiger partial charge >= 0.3 is 0 Å². The van der Waals surface area contributed by atoms with E-state index in [0.717, 1.165) is 79.3 Å². The van der Waals surface area contributed by atoms with Crippen LogP contribution < -0.4 is 0 Å². The molecule has 0 saturated heterocycles. The van der Waals surface area contributed by atoms with E-state index in [9.17, 15) is 0 Å². The van der Waals surface area contributed by atoms with E-state index in [-0.39, 0.29) is 0 Å². The Hall–Kier alpha value is 0.0569. The van der Waals surface area contributed by atoms with Crippen LogP contribution in [0.3, 0.4) is 0 Å². The second-order valence-corrected chi connectivity index (χ2v) is 26.5. The summed E-state index contributed by atoms with van der Waals surface area (Å²) in [6, 6.07) is 0. The molecule has 7 fully saturated rings. The van der Waals surface area contributed by atoms with Crippen LogP contribution in [0.15, 0.2) is 0 Å². The Morgan fingerprint density at radius 1 is 0.426 bits per heavy atom. The maximum atomic E-state index is 6.35. The van der Waals surface area contributed by atoms with Gasteiger partial charge in [-0.3, -0.25) is 0 Å². The molecule has 0 radical (unpaired) electrons. The summed E-state index contributed by atoms with van der Waals surface area (Å²) >= 11 is 0. The molecule has 0 aliphatic heterocycles. The summed E-state index contributed by atoms with van der Waals surface area (Å²) in [5, 5.41) is 0. The maximum absolute atomic E-state index is 6.35. The first-order valence-corrected chi connectivity index (χ1v) is 27.0. The number of ether oxygens (including phenoxy) is 4. The van der Waals surface area contributed by atoms with E-state index in [1.54, 1.807) is 117 Å². The lowest BCUT2D eigenvalue weighted by Crippen LogP contribution is -2.55. The highest BCUT2D eigenvalue weighted by atomic mass is 28.3. The Balaban J connectivity index is 1.10. The van der Waals surface area contributed by atoms with Gasteiger partial charge in [-0.05, 0) is 120 Å². The highest BCUT2D eigenvalue weighted by Gasteiger charge is 2.62. The number of rotatable bonds is 17. The zero-order chi connectivity index (χ0) is 37.4. The van der Waals surface area contributed by atoms with Crippen LogP contribution in [0.4, 0.5) is 0 Å². The van der Waals surface area contributed by atoms with Crippen LogP contribution in [-0.4, -0.2) is 61.9 Å². The molecule has 6 atom stereocenters. The van der Waals surface area contributed by atoms with Gasteiger partial charge in [-0.15, -0.1) is 0 Å². The molecule has 4 nitrogen and oxygen atoms in total. The summed E-state index contributed by atoms with van der Waals surface area (Å²) in [7, 11) is 2.14. The minimum absolute atomic E-state index is 0.377. The summed E-state index contributed by atoms with van der Waals surface area (Å²) in [5.41, 5.74) is 5.04. The molecule has 0 bridgehead atoms. The molecular formula is C49H88O4Si. The van der Waals surface area contributed by atoms with Crippen LogP contribution in [0.1, 0.15) is 181 Å². The molecule has 0 aromatic rings. The molecule has 7 aliphatic carbocycles. The highest BCUT2D eigenvalue weighted by molar-refractivity contribution is 6.85. The van der Waals surface area contributed by atoms with Crippen LogP contribution >= 0.6 is 0 Å². The molecule has 0 aromatic carbocycles. The third kappa shape index (κ3) is 9.11. The molecule has 54 heavy (non-hydrogen) atoms. The molecule has 6 unspecified atom stereocenters. The number of hydrogen-bond acceptors (Lipinski definition) is 4. The third-order valence-electron chi connectivity index (χ3n) is 18.9. The summed E-state index contributed by atoms with van der Waals surface area (Å²) < 4.78 is 23.5. The van der Waals surface area contributed by atoms with Crippen molar-refractivity contribution in [1.82, 2.24) is 0 Å². The van der Waals surface area contributed by atoms with Crippen molar-refractivity contribution in [2.75, 3.05) is 53.9 Å². The molecule has 0 aromatic heterocycles. The van der Waals surface area contributed by atoms with Gasteiger partial charge in [0, 0.05) is 27.4 Å². The minimum atomic E-state index is -1.47. The fraction of sp³-hybridized carbons (Fsp3) is 1.00. The fourth-order valence-electron chi connectivity index (χ4n) is 16.6. The van der Waals surface area contributed by atoms with Gasteiger partial charge in [0.1, 0.15) is 0 Å². The molecule has 0 N–H and O–H groups in total. The third-order valence-corrected chi connectivity index (χ3v) is 26.9. The molecule has 0 amide bonds. The molecule has 7 rings (SSSR count). The van der Waals surface area contributed by atoms with E-state index in [1.165, 1.54) is 80.8 Å². The maximum Gasteiger partial charge on any atom is 0.0700 e. The van der Waals surface area contributed by atoms with Crippen molar-refractivity contribution in [2.45, 2.75) is 203 Å². The first kappa shape index (κ1) is 42.2. The minimum Gasteiger partial charge on any atom is -0.382 e. The van der Waals surface area contributed by atoms with E-state index in [0.29, 0.717) is 18.6 Å². The predicted octanol–water partition coefficient (Wildman–Crippen LogP) is 13.4. The first-order valence-electron chi connectivity index (χ1n) is 24.6. The fourth-order valence-corrected chi connectivity index (χ4v) is 26.1. The Kier molecular flexibility index (Phi) is 15.9. The molecule has 312 valence electrons. The zero-order valence-electron chi connectivity index (χ0n) is 36.2. The van der Waals surface area contributed by atoms with Gasteiger partial charge in [-0.1, -0.05) is 136 Å². The quantitative estimate of drug-likeness (QED) is 0.109. The molecule has 0 heterocycles. The molecule has 0 spiro atoms. The van der Waals surface area contributed by atoms with Crippen molar-refractivity contribution in [3.8, 4) is 0 Å². The lowest BCUT2D eigenvalue weighted by molar-refractivity contribution is -0.0313.